The number of rotatable bonds is 6. The molecule has 1 aromatic heterocycles. The van der Waals surface area contributed by atoms with Crippen LogP contribution in [0, 0.1) is 11.8 Å². The molecular formula is C14H16O5. The topological polar surface area (TPSA) is 65.7 Å². The van der Waals surface area contributed by atoms with Crippen molar-refractivity contribution in [3.63, 3.8) is 0 Å². The largest absolute Gasteiger partial charge is 0.471 e. The zero-order valence-corrected chi connectivity index (χ0v) is 10.6. The van der Waals surface area contributed by atoms with E-state index in [0.717, 1.165) is 25.7 Å². The number of hydrogen-bond acceptors (Lipinski definition) is 5. The van der Waals surface area contributed by atoms with Crippen LogP contribution in [-0.2, 0) is 9.47 Å². The standard InChI is InChI=1S/C14H16O5/c15-13(18-5-9-1-2-9)11-7-17-8-12(11)14(16)19-6-10-3-4-10/h7-10H,1-6H2. The summed E-state index contributed by atoms with van der Waals surface area (Å²) >= 11 is 0. The quantitative estimate of drug-likeness (QED) is 0.738. The molecule has 0 atom stereocenters. The van der Waals surface area contributed by atoms with Crippen molar-refractivity contribution in [3.8, 4) is 0 Å². The van der Waals surface area contributed by atoms with Gasteiger partial charge in [-0.1, -0.05) is 0 Å². The molecule has 2 aliphatic rings. The van der Waals surface area contributed by atoms with Crippen LogP contribution in [-0.4, -0.2) is 25.2 Å². The van der Waals surface area contributed by atoms with Gasteiger partial charge in [-0.25, -0.2) is 9.59 Å². The zero-order valence-electron chi connectivity index (χ0n) is 10.6. The van der Waals surface area contributed by atoms with E-state index in [9.17, 15) is 9.59 Å². The lowest BCUT2D eigenvalue weighted by atomic mass is 10.2. The lowest BCUT2D eigenvalue weighted by Gasteiger charge is -2.04. The van der Waals surface area contributed by atoms with Crippen LogP contribution in [0.15, 0.2) is 16.9 Å². The molecule has 0 spiro atoms. The average Bonchev–Trinajstić information content (AvgIpc) is 3.32. The molecule has 0 N–H and O–H groups in total. The summed E-state index contributed by atoms with van der Waals surface area (Å²) in [6.07, 6.45) is 6.90. The van der Waals surface area contributed by atoms with Gasteiger partial charge in [-0.2, -0.15) is 0 Å². The van der Waals surface area contributed by atoms with Gasteiger partial charge in [-0.05, 0) is 37.5 Å². The summed E-state index contributed by atoms with van der Waals surface area (Å²) in [7, 11) is 0. The second-order valence-electron chi connectivity index (χ2n) is 5.28. The molecule has 0 aliphatic heterocycles. The Hall–Kier alpha value is -1.78. The number of esters is 2. The van der Waals surface area contributed by atoms with E-state index in [1.165, 1.54) is 12.5 Å². The molecule has 0 unspecified atom stereocenters. The Balaban J connectivity index is 1.58. The minimum absolute atomic E-state index is 0.154. The molecule has 3 rings (SSSR count). The summed E-state index contributed by atoms with van der Waals surface area (Å²) in [4.78, 5) is 23.6. The third-order valence-corrected chi connectivity index (χ3v) is 3.40. The van der Waals surface area contributed by atoms with Crippen molar-refractivity contribution in [2.75, 3.05) is 13.2 Å². The van der Waals surface area contributed by atoms with Gasteiger partial charge in [-0.3, -0.25) is 0 Å². The summed E-state index contributed by atoms with van der Waals surface area (Å²) in [6, 6.07) is 0. The first-order chi connectivity index (χ1) is 9.24. The van der Waals surface area contributed by atoms with E-state index in [0.29, 0.717) is 25.0 Å². The number of ether oxygens (including phenoxy) is 2. The molecule has 0 saturated heterocycles. The van der Waals surface area contributed by atoms with Gasteiger partial charge in [0, 0.05) is 0 Å². The molecule has 0 radical (unpaired) electrons. The lowest BCUT2D eigenvalue weighted by molar-refractivity contribution is 0.0440. The van der Waals surface area contributed by atoms with E-state index in [1.807, 2.05) is 0 Å². The fourth-order valence-corrected chi connectivity index (χ4v) is 1.72. The highest BCUT2D eigenvalue weighted by molar-refractivity contribution is 6.02. The first kappa shape index (κ1) is 12.3. The van der Waals surface area contributed by atoms with Gasteiger partial charge in [0.1, 0.15) is 23.7 Å². The van der Waals surface area contributed by atoms with E-state index in [-0.39, 0.29) is 11.1 Å². The Kier molecular flexibility index (Phi) is 3.27. The maximum absolute atomic E-state index is 11.8. The fourth-order valence-electron chi connectivity index (χ4n) is 1.72. The minimum Gasteiger partial charge on any atom is -0.471 e. The Labute approximate surface area is 110 Å². The van der Waals surface area contributed by atoms with E-state index in [4.69, 9.17) is 13.9 Å². The number of hydrogen-bond donors (Lipinski definition) is 0. The van der Waals surface area contributed by atoms with Crippen LogP contribution < -0.4 is 0 Å². The highest BCUT2D eigenvalue weighted by Gasteiger charge is 2.28. The first-order valence-electron chi connectivity index (χ1n) is 6.64. The molecule has 0 bridgehead atoms. The Morgan fingerprint density at radius 1 is 0.947 bits per heavy atom. The highest BCUT2D eigenvalue weighted by atomic mass is 16.5. The zero-order chi connectivity index (χ0) is 13.2. The van der Waals surface area contributed by atoms with Gasteiger partial charge < -0.3 is 13.9 Å². The fraction of sp³-hybridized carbons (Fsp3) is 0.571. The van der Waals surface area contributed by atoms with Crippen LogP contribution in [0.3, 0.4) is 0 Å². The predicted molar refractivity (Wildman–Crippen MR) is 64.7 cm³/mol. The summed E-state index contributed by atoms with van der Waals surface area (Å²) in [5, 5.41) is 0. The van der Waals surface area contributed by atoms with E-state index in [2.05, 4.69) is 0 Å². The third kappa shape index (κ3) is 3.16. The van der Waals surface area contributed by atoms with Gasteiger partial charge in [0.15, 0.2) is 0 Å². The molecule has 1 heterocycles. The van der Waals surface area contributed by atoms with Crippen LogP contribution in [0.5, 0.6) is 0 Å². The number of carbonyl (C=O) groups is 2. The highest BCUT2D eigenvalue weighted by Crippen LogP contribution is 2.30. The average molecular weight is 264 g/mol. The van der Waals surface area contributed by atoms with Crippen LogP contribution >= 0.6 is 0 Å². The van der Waals surface area contributed by atoms with Crippen molar-refractivity contribution in [2.45, 2.75) is 25.7 Å². The van der Waals surface area contributed by atoms with Crippen LogP contribution in [0.1, 0.15) is 46.4 Å². The molecular weight excluding hydrogens is 248 g/mol. The van der Waals surface area contributed by atoms with Crippen molar-refractivity contribution in [2.24, 2.45) is 11.8 Å². The van der Waals surface area contributed by atoms with E-state index in [1.54, 1.807) is 0 Å². The second-order valence-corrected chi connectivity index (χ2v) is 5.28. The molecule has 5 heteroatoms. The van der Waals surface area contributed by atoms with Gasteiger partial charge in [0.05, 0.1) is 13.2 Å². The number of furan rings is 1. The third-order valence-electron chi connectivity index (χ3n) is 3.40. The molecule has 102 valence electrons. The van der Waals surface area contributed by atoms with Crippen molar-refractivity contribution < 1.29 is 23.5 Å². The van der Waals surface area contributed by atoms with Gasteiger partial charge >= 0.3 is 11.9 Å². The molecule has 2 saturated carbocycles. The maximum Gasteiger partial charge on any atom is 0.342 e. The predicted octanol–water partition coefficient (Wildman–Crippen LogP) is 2.41. The normalized spacial score (nSPS) is 18.1. The van der Waals surface area contributed by atoms with Crippen molar-refractivity contribution in [3.05, 3.63) is 23.7 Å². The monoisotopic (exact) mass is 264 g/mol. The SMILES string of the molecule is O=C(OCC1CC1)c1cocc1C(=O)OCC1CC1. The van der Waals surface area contributed by atoms with Crippen LogP contribution in [0.25, 0.3) is 0 Å². The molecule has 2 aliphatic carbocycles. The number of carbonyl (C=O) groups excluding carboxylic acids is 2. The maximum atomic E-state index is 11.8. The van der Waals surface area contributed by atoms with Crippen molar-refractivity contribution in [1.82, 2.24) is 0 Å². The molecule has 19 heavy (non-hydrogen) atoms. The molecule has 5 nitrogen and oxygen atoms in total. The van der Waals surface area contributed by atoms with E-state index >= 15 is 0 Å². The summed E-state index contributed by atoms with van der Waals surface area (Å²) in [5.74, 6) is -0.0553. The Bertz CT molecular complexity index is 439. The minimum atomic E-state index is -0.515. The molecule has 1 aromatic rings. The first-order valence-corrected chi connectivity index (χ1v) is 6.64. The second kappa shape index (κ2) is 5.07. The van der Waals surface area contributed by atoms with Crippen molar-refractivity contribution in [1.29, 1.82) is 0 Å². The smallest absolute Gasteiger partial charge is 0.342 e. The van der Waals surface area contributed by atoms with Crippen molar-refractivity contribution >= 4 is 11.9 Å². The van der Waals surface area contributed by atoms with Crippen LogP contribution in [0.2, 0.25) is 0 Å². The molecule has 0 aromatic carbocycles. The molecule has 2 fully saturated rings. The van der Waals surface area contributed by atoms with Crippen LogP contribution in [0.4, 0.5) is 0 Å². The van der Waals surface area contributed by atoms with Gasteiger partial charge in [-0.15, -0.1) is 0 Å². The Morgan fingerprint density at radius 2 is 1.37 bits per heavy atom. The summed E-state index contributed by atoms with van der Waals surface area (Å²) < 4.78 is 15.2. The van der Waals surface area contributed by atoms with Gasteiger partial charge in [0.25, 0.3) is 0 Å². The van der Waals surface area contributed by atoms with Gasteiger partial charge in [0.2, 0.25) is 0 Å². The lowest BCUT2D eigenvalue weighted by Crippen LogP contribution is -2.14. The Morgan fingerprint density at radius 3 is 1.74 bits per heavy atom. The molecule has 0 amide bonds. The summed E-state index contributed by atoms with van der Waals surface area (Å²) in [6.45, 7) is 0.834. The van der Waals surface area contributed by atoms with E-state index < -0.39 is 11.9 Å². The summed E-state index contributed by atoms with van der Waals surface area (Å²) in [5.41, 5.74) is 0.308.